The van der Waals surface area contributed by atoms with Crippen molar-refractivity contribution in [3.63, 3.8) is 0 Å². The fraction of sp³-hybridized carbons (Fsp3) is 0.318. The Kier molecular flexibility index (Phi) is 5.62. The van der Waals surface area contributed by atoms with Crippen LogP contribution < -0.4 is 19.9 Å². The molecular formula is C22H26N6O4S. The third-order valence-corrected chi connectivity index (χ3v) is 6.30. The summed E-state index contributed by atoms with van der Waals surface area (Å²) in [6.45, 7) is 6.59. The van der Waals surface area contributed by atoms with Crippen LogP contribution in [0.5, 0.6) is 11.8 Å². The lowest BCUT2D eigenvalue weighted by atomic mass is 9.94. The van der Waals surface area contributed by atoms with E-state index < -0.39 is 15.8 Å². The van der Waals surface area contributed by atoms with Gasteiger partial charge >= 0.3 is 0 Å². The molecule has 3 heterocycles. The summed E-state index contributed by atoms with van der Waals surface area (Å²) in [5.41, 5.74) is 2.45. The third-order valence-electron chi connectivity index (χ3n) is 5.33. The molecule has 0 saturated heterocycles. The molecule has 0 saturated carbocycles. The molecule has 10 nitrogen and oxygen atoms in total. The fourth-order valence-corrected chi connectivity index (χ4v) is 4.59. The van der Waals surface area contributed by atoms with E-state index in [1.165, 1.54) is 11.8 Å². The quantitative estimate of drug-likeness (QED) is 0.522. The summed E-state index contributed by atoms with van der Waals surface area (Å²) in [6, 6.07) is 9.16. The van der Waals surface area contributed by atoms with Gasteiger partial charge in [-0.1, -0.05) is 32.0 Å². The number of para-hydroxylation sites is 1. The van der Waals surface area contributed by atoms with Gasteiger partial charge in [-0.15, -0.1) is 0 Å². The van der Waals surface area contributed by atoms with Gasteiger partial charge in [0, 0.05) is 23.2 Å². The Morgan fingerprint density at radius 1 is 1.36 bits per heavy atom. The Balaban J connectivity index is 1.78. The second-order valence-corrected chi connectivity index (χ2v) is 10.3. The van der Waals surface area contributed by atoms with E-state index >= 15 is 0 Å². The summed E-state index contributed by atoms with van der Waals surface area (Å²) in [6.07, 6.45) is 1.62. The number of anilines is 1. The van der Waals surface area contributed by atoms with Crippen molar-refractivity contribution in [2.24, 2.45) is 10.6 Å². The maximum absolute atomic E-state index is 13.4. The molecule has 1 unspecified atom stereocenters. The number of ether oxygens (including phenoxy) is 2. The van der Waals surface area contributed by atoms with Crippen molar-refractivity contribution in [1.82, 2.24) is 14.8 Å². The first-order chi connectivity index (χ1) is 15.5. The monoisotopic (exact) mass is 470 g/mol. The lowest BCUT2D eigenvalue weighted by Crippen LogP contribution is -2.33. The molecule has 0 fully saturated rings. The third kappa shape index (κ3) is 4.41. The van der Waals surface area contributed by atoms with Gasteiger partial charge in [0.15, 0.2) is 10.6 Å². The molecule has 0 aliphatic carbocycles. The van der Waals surface area contributed by atoms with Gasteiger partial charge in [-0.3, -0.25) is 4.79 Å². The molecule has 1 atom stereocenters. The number of fused-ring (bicyclic) bond motifs is 1. The van der Waals surface area contributed by atoms with Crippen LogP contribution in [0.2, 0.25) is 0 Å². The van der Waals surface area contributed by atoms with Crippen molar-refractivity contribution >= 4 is 21.5 Å². The van der Waals surface area contributed by atoms with E-state index in [4.69, 9.17) is 19.4 Å². The average molecular weight is 471 g/mol. The number of benzene rings is 1. The number of methoxy groups -OCH3 is 1. The van der Waals surface area contributed by atoms with Crippen LogP contribution in [-0.4, -0.2) is 38.6 Å². The van der Waals surface area contributed by atoms with Crippen molar-refractivity contribution in [2.75, 3.05) is 19.0 Å². The maximum Gasteiger partial charge on any atom is 0.277 e. The molecule has 3 aromatic rings. The zero-order valence-corrected chi connectivity index (χ0v) is 19.7. The zero-order valence-electron chi connectivity index (χ0n) is 18.8. The molecule has 2 aromatic heterocycles. The van der Waals surface area contributed by atoms with Crippen molar-refractivity contribution in [3.05, 3.63) is 47.8 Å². The Morgan fingerprint density at radius 2 is 2.12 bits per heavy atom. The first kappa shape index (κ1) is 22.7. The van der Waals surface area contributed by atoms with Crippen molar-refractivity contribution in [1.29, 1.82) is 4.78 Å². The summed E-state index contributed by atoms with van der Waals surface area (Å²) in [5, 5.41) is 12.9. The number of aryl methyl sites for hydroxylation is 1. The highest BCUT2D eigenvalue weighted by Crippen LogP contribution is 2.37. The summed E-state index contributed by atoms with van der Waals surface area (Å²) in [4.78, 5) is 17.3. The molecule has 1 aromatic carbocycles. The first-order valence-corrected chi connectivity index (χ1v) is 11.8. The molecule has 11 heteroatoms. The van der Waals surface area contributed by atoms with E-state index in [1.54, 1.807) is 18.3 Å². The number of carbonyl (C=O) groups is 1. The highest BCUT2D eigenvalue weighted by Gasteiger charge is 2.36. The molecule has 0 spiro atoms. The van der Waals surface area contributed by atoms with E-state index in [9.17, 15) is 9.00 Å². The van der Waals surface area contributed by atoms with Crippen LogP contribution >= 0.6 is 0 Å². The number of nitrogens with two attached hydrogens (primary N) is 1. The topological polar surface area (TPSA) is 145 Å². The number of amides is 1. The smallest absolute Gasteiger partial charge is 0.277 e. The Labute approximate surface area is 192 Å². The van der Waals surface area contributed by atoms with Crippen LogP contribution in [0.3, 0.4) is 0 Å². The second kappa shape index (κ2) is 8.16. The second-order valence-electron chi connectivity index (χ2n) is 8.73. The van der Waals surface area contributed by atoms with Gasteiger partial charge in [0.05, 0.1) is 25.9 Å². The summed E-state index contributed by atoms with van der Waals surface area (Å²) in [7, 11) is -2.25. The van der Waals surface area contributed by atoms with Crippen LogP contribution in [0.25, 0.3) is 11.1 Å². The van der Waals surface area contributed by atoms with E-state index in [2.05, 4.69) is 15.4 Å². The Hall–Kier alpha value is -3.44. The van der Waals surface area contributed by atoms with Crippen LogP contribution in [0.1, 0.15) is 29.9 Å². The van der Waals surface area contributed by atoms with Crippen LogP contribution in [-0.2, 0) is 16.5 Å². The predicted molar refractivity (Wildman–Crippen MR) is 124 cm³/mol. The number of aromatic nitrogens is 3. The Morgan fingerprint density at radius 3 is 2.82 bits per heavy atom. The van der Waals surface area contributed by atoms with Crippen LogP contribution in [0.15, 0.2) is 41.4 Å². The summed E-state index contributed by atoms with van der Waals surface area (Å²) < 4.78 is 33.0. The van der Waals surface area contributed by atoms with Gasteiger partial charge in [0.1, 0.15) is 9.92 Å². The minimum absolute atomic E-state index is 0.103. The number of rotatable bonds is 5. The SMILES string of the molecule is COc1cc(-c2cccc(C)c2NC(=O)c2nn3c(c2S(=N)(N)=O)OCC(C)(C)C3)ccn1. The number of carbonyl (C=O) groups excluding carboxylic acids is 1. The molecule has 1 aliphatic rings. The molecule has 0 bridgehead atoms. The first-order valence-electron chi connectivity index (χ1n) is 10.2. The molecule has 4 rings (SSSR count). The van der Waals surface area contributed by atoms with Gasteiger partial charge in [-0.05, 0) is 24.1 Å². The summed E-state index contributed by atoms with van der Waals surface area (Å²) >= 11 is 0. The van der Waals surface area contributed by atoms with Crippen LogP contribution in [0.4, 0.5) is 5.69 Å². The lowest BCUT2D eigenvalue weighted by Gasteiger charge is -2.30. The molecule has 174 valence electrons. The number of nitrogens with zero attached hydrogens (tertiary/aromatic N) is 3. The van der Waals surface area contributed by atoms with Gasteiger partial charge in [-0.25, -0.2) is 23.8 Å². The number of pyridine rings is 1. The van der Waals surface area contributed by atoms with Gasteiger partial charge in [0.2, 0.25) is 11.8 Å². The minimum Gasteiger partial charge on any atom is -0.481 e. The highest BCUT2D eigenvalue weighted by atomic mass is 32.2. The molecule has 4 N–H and O–H groups in total. The molecule has 0 radical (unpaired) electrons. The van der Waals surface area contributed by atoms with Crippen molar-refractivity contribution < 1.29 is 18.5 Å². The van der Waals surface area contributed by atoms with Crippen LogP contribution in [0, 0.1) is 17.1 Å². The normalized spacial score (nSPS) is 16.3. The standard InChI is InChI=1S/C22H26N6O4S/c1-13-6-5-7-15(14-8-9-25-16(10-14)31-4)17(13)26-20(29)18-19(33(23,24)30)21-28(27-18)11-22(2,3)12-32-21/h5-10H,11-12H2,1-4H3,(H,26,29)(H3,23,24,30). The number of hydrogen-bond donors (Lipinski definition) is 3. The Bertz CT molecular complexity index is 1350. The molecule has 1 amide bonds. The average Bonchev–Trinajstić information content (AvgIpc) is 3.13. The van der Waals surface area contributed by atoms with E-state index in [0.717, 1.165) is 16.7 Å². The van der Waals surface area contributed by atoms with Crippen molar-refractivity contribution in [2.45, 2.75) is 32.2 Å². The lowest BCUT2D eigenvalue weighted by molar-refractivity contribution is 0.0967. The van der Waals surface area contributed by atoms with Crippen molar-refractivity contribution in [3.8, 4) is 22.9 Å². The van der Waals surface area contributed by atoms with E-state index in [-0.39, 0.29) is 21.9 Å². The van der Waals surface area contributed by atoms with Gasteiger partial charge in [0.25, 0.3) is 5.91 Å². The van der Waals surface area contributed by atoms with Gasteiger partial charge < -0.3 is 14.8 Å². The summed E-state index contributed by atoms with van der Waals surface area (Å²) in [5.74, 6) is -0.0895. The molecular weight excluding hydrogens is 444 g/mol. The number of hydrogen-bond acceptors (Lipinski definition) is 7. The van der Waals surface area contributed by atoms with Gasteiger partial charge in [-0.2, -0.15) is 5.10 Å². The maximum atomic E-state index is 13.4. The van der Waals surface area contributed by atoms with E-state index in [0.29, 0.717) is 24.7 Å². The predicted octanol–water partition coefficient (Wildman–Crippen LogP) is 3.21. The minimum atomic E-state index is -3.78. The zero-order chi connectivity index (χ0) is 24.0. The molecule has 1 aliphatic heterocycles. The van der Waals surface area contributed by atoms with E-state index in [1.807, 2.05) is 39.0 Å². The largest absolute Gasteiger partial charge is 0.481 e. The molecule has 33 heavy (non-hydrogen) atoms. The fourth-order valence-electron chi connectivity index (χ4n) is 3.75. The number of nitrogens with one attached hydrogen (secondary N) is 2. The highest BCUT2D eigenvalue weighted by molar-refractivity contribution is 7.90.